The lowest BCUT2D eigenvalue weighted by atomic mass is 10.2. The number of hydrogen-bond donors (Lipinski definition) is 2. The van der Waals surface area contributed by atoms with Gasteiger partial charge in [0.05, 0.1) is 6.54 Å². The molecule has 0 saturated carbocycles. The predicted octanol–water partition coefficient (Wildman–Crippen LogP) is 3.08. The van der Waals surface area contributed by atoms with E-state index in [9.17, 15) is 15.0 Å². The van der Waals surface area contributed by atoms with Crippen LogP contribution in [-0.2, 0) is 6.54 Å². The van der Waals surface area contributed by atoms with Crippen LogP contribution in [0.4, 0.5) is 10.5 Å². The minimum Gasteiger partial charge on any atom is -0.508 e. The van der Waals surface area contributed by atoms with Crippen LogP contribution in [0.3, 0.4) is 0 Å². The Morgan fingerprint density at radius 2 is 1.78 bits per heavy atom. The molecule has 2 aromatic rings. The Morgan fingerprint density at radius 3 is 2.39 bits per heavy atom. The summed E-state index contributed by atoms with van der Waals surface area (Å²) < 4.78 is 0. The van der Waals surface area contributed by atoms with E-state index in [4.69, 9.17) is 0 Å². The molecule has 0 atom stereocenters. The van der Waals surface area contributed by atoms with Gasteiger partial charge in [-0.1, -0.05) is 30.3 Å². The van der Waals surface area contributed by atoms with Crippen LogP contribution in [0.25, 0.3) is 0 Å². The summed E-state index contributed by atoms with van der Waals surface area (Å²) in [5.41, 5.74) is 1.34. The van der Waals surface area contributed by atoms with Crippen molar-refractivity contribution in [1.82, 2.24) is 0 Å². The Bertz CT molecular complexity index is 540. The van der Waals surface area contributed by atoms with Gasteiger partial charge in [0.25, 0.3) is 0 Å². The molecule has 0 unspecified atom stereocenters. The number of carbonyl (C=O) groups is 1. The first-order valence-corrected chi connectivity index (χ1v) is 5.50. The average Bonchev–Trinajstić information content (AvgIpc) is 2.37. The molecule has 2 rings (SSSR count). The quantitative estimate of drug-likeness (QED) is 0.870. The Labute approximate surface area is 105 Å². The van der Waals surface area contributed by atoms with E-state index >= 15 is 0 Å². The summed E-state index contributed by atoms with van der Waals surface area (Å²) in [6, 6.07) is 15.4. The van der Waals surface area contributed by atoms with Crippen LogP contribution < -0.4 is 4.90 Å². The third-order valence-electron chi connectivity index (χ3n) is 2.55. The number of para-hydroxylation sites is 1. The van der Waals surface area contributed by atoms with E-state index in [1.807, 2.05) is 6.07 Å². The van der Waals surface area contributed by atoms with Crippen LogP contribution in [0.5, 0.6) is 5.75 Å². The number of phenols is 1. The molecule has 4 heteroatoms. The van der Waals surface area contributed by atoms with Gasteiger partial charge >= 0.3 is 6.09 Å². The number of benzene rings is 2. The minimum atomic E-state index is -1.02. The van der Waals surface area contributed by atoms with Crippen molar-refractivity contribution in [3.63, 3.8) is 0 Å². The van der Waals surface area contributed by atoms with E-state index in [0.29, 0.717) is 5.69 Å². The molecule has 0 aliphatic heterocycles. The Balaban J connectivity index is 2.25. The monoisotopic (exact) mass is 243 g/mol. The molecule has 0 fully saturated rings. The zero-order valence-corrected chi connectivity index (χ0v) is 9.65. The number of nitrogens with zero attached hydrogens (tertiary/aromatic N) is 1. The summed E-state index contributed by atoms with van der Waals surface area (Å²) in [4.78, 5) is 12.5. The highest BCUT2D eigenvalue weighted by molar-refractivity contribution is 5.85. The molecule has 2 aromatic carbocycles. The fourth-order valence-corrected chi connectivity index (χ4v) is 1.71. The molecule has 0 bridgehead atoms. The van der Waals surface area contributed by atoms with Gasteiger partial charge in [-0.15, -0.1) is 0 Å². The van der Waals surface area contributed by atoms with Crippen molar-refractivity contribution in [2.24, 2.45) is 0 Å². The third-order valence-corrected chi connectivity index (χ3v) is 2.55. The number of carboxylic acid groups (broad SMARTS) is 1. The van der Waals surface area contributed by atoms with Gasteiger partial charge in [-0.05, 0) is 29.8 Å². The number of anilines is 1. The predicted molar refractivity (Wildman–Crippen MR) is 68.8 cm³/mol. The number of phenolic OH excluding ortho intramolecular Hbond substituents is 1. The smallest absolute Gasteiger partial charge is 0.412 e. The largest absolute Gasteiger partial charge is 0.508 e. The molecule has 0 radical (unpaired) electrons. The molecule has 0 aliphatic carbocycles. The molecule has 18 heavy (non-hydrogen) atoms. The number of aromatic hydroxyl groups is 1. The second-order valence-corrected chi connectivity index (χ2v) is 3.87. The lowest BCUT2D eigenvalue weighted by Crippen LogP contribution is -2.28. The Hall–Kier alpha value is -2.49. The fraction of sp³-hybridized carbons (Fsp3) is 0.0714. The van der Waals surface area contributed by atoms with Crippen molar-refractivity contribution in [1.29, 1.82) is 0 Å². The van der Waals surface area contributed by atoms with E-state index in [0.717, 1.165) is 5.56 Å². The number of rotatable bonds is 3. The van der Waals surface area contributed by atoms with E-state index in [2.05, 4.69) is 0 Å². The maximum Gasteiger partial charge on any atom is 0.412 e. The highest BCUT2D eigenvalue weighted by Gasteiger charge is 2.14. The molecule has 0 heterocycles. The van der Waals surface area contributed by atoms with E-state index < -0.39 is 6.09 Å². The molecule has 4 nitrogen and oxygen atoms in total. The summed E-state index contributed by atoms with van der Waals surface area (Å²) in [6.07, 6.45) is -1.02. The van der Waals surface area contributed by atoms with Crippen molar-refractivity contribution in [2.45, 2.75) is 6.54 Å². The minimum absolute atomic E-state index is 0.130. The van der Waals surface area contributed by atoms with Crippen molar-refractivity contribution in [2.75, 3.05) is 4.90 Å². The van der Waals surface area contributed by atoms with Crippen molar-refractivity contribution < 1.29 is 15.0 Å². The Morgan fingerprint density at radius 1 is 1.06 bits per heavy atom. The van der Waals surface area contributed by atoms with Gasteiger partial charge in [-0.2, -0.15) is 0 Å². The van der Waals surface area contributed by atoms with Crippen LogP contribution >= 0.6 is 0 Å². The molecule has 0 aromatic heterocycles. The summed E-state index contributed by atoms with van der Waals surface area (Å²) >= 11 is 0. The molecule has 0 spiro atoms. The van der Waals surface area contributed by atoms with Gasteiger partial charge in [0.2, 0.25) is 0 Å². The summed E-state index contributed by atoms with van der Waals surface area (Å²) in [5.74, 6) is 0.130. The average molecular weight is 243 g/mol. The third kappa shape index (κ3) is 2.79. The van der Waals surface area contributed by atoms with Gasteiger partial charge in [0.15, 0.2) is 0 Å². The number of amides is 1. The first-order chi connectivity index (χ1) is 8.66. The highest BCUT2D eigenvalue weighted by Crippen LogP contribution is 2.19. The lowest BCUT2D eigenvalue weighted by Gasteiger charge is -2.19. The highest BCUT2D eigenvalue weighted by atomic mass is 16.4. The van der Waals surface area contributed by atoms with Crippen molar-refractivity contribution in [3.8, 4) is 5.75 Å². The maximum atomic E-state index is 11.3. The zero-order chi connectivity index (χ0) is 13.0. The van der Waals surface area contributed by atoms with Gasteiger partial charge in [-0.3, -0.25) is 4.90 Å². The van der Waals surface area contributed by atoms with Gasteiger partial charge < -0.3 is 10.2 Å². The van der Waals surface area contributed by atoms with Gasteiger partial charge in [0.1, 0.15) is 5.75 Å². The van der Waals surface area contributed by atoms with Crippen LogP contribution in [0.15, 0.2) is 54.6 Å². The van der Waals surface area contributed by atoms with Crippen LogP contribution in [-0.4, -0.2) is 16.3 Å². The lowest BCUT2D eigenvalue weighted by molar-refractivity contribution is 0.201. The second-order valence-electron chi connectivity index (χ2n) is 3.87. The molecular formula is C14H13NO3. The van der Waals surface area contributed by atoms with Crippen LogP contribution in [0, 0.1) is 0 Å². The van der Waals surface area contributed by atoms with Crippen molar-refractivity contribution in [3.05, 3.63) is 60.2 Å². The van der Waals surface area contributed by atoms with Crippen LogP contribution in [0.1, 0.15) is 5.56 Å². The first kappa shape index (κ1) is 12.0. The standard InChI is InChI=1S/C14H13NO3/c16-13-8-4-5-11(9-13)10-15(14(17)18)12-6-2-1-3-7-12/h1-9,16H,10H2,(H,17,18). The molecule has 92 valence electrons. The second kappa shape index (κ2) is 5.23. The normalized spacial score (nSPS) is 10.0. The van der Waals surface area contributed by atoms with Gasteiger partial charge in [-0.25, -0.2) is 4.79 Å². The zero-order valence-electron chi connectivity index (χ0n) is 9.65. The van der Waals surface area contributed by atoms with E-state index in [-0.39, 0.29) is 12.3 Å². The van der Waals surface area contributed by atoms with E-state index in [1.165, 1.54) is 4.90 Å². The molecule has 2 N–H and O–H groups in total. The molecular weight excluding hydrogens is 230 g/mol. The molecule has 0 saturated heterocycles. The molecule has 0 aliphatic rings. The van der Waals surface area contributed by atoms with E-state index in [1.54, 1.807) is 48.5 Å². The summed E-state index contributed by atoms with van der Waals surface area (Å²) in [7, 11) is 0. The van der Waals surface area contributed by atoms with Gasteiger partial charge in [0, 0.05) is 5.69 Å². The Kier molecular flexibility index (Phi) is 3.48. The fourth-order valence-electron chi connectivity index (χ4n) is 1.71. The van der Waals surface area contributed by atoms with Crippen LogP contribution in [0.2, 0.25) is 0 Å². The summed E-state index contributed by atoms with van der Waals surface area (Å²) in [6.45, 7) is 0.202. The molecule has 1 amide bonds. The SMILES string of the molecule is O=C(O)N(Cc1cccc(O)c1)c1ccccc1. The topological polar surface area (TPSA) is 60.8 Å². The van der Waals surface area contributed by atoms with Crippen molar-refractivity contribution >= 4 is 11.8 Å². The maximum absolute atomic E-state index is 11.3. The number of hydrogen-bond acceptors (Lipinski definition) is 2. The first-order valence-electron chi connectivity index (χ1n) is 5.50. The summed E-state index contributed by atoms with van der Waals surface area (Å²) in [5, 5.41) is 18.6.